The molecule has 2 N–H and O–H groups in total. The molecule has 2 unspecified atom stereocenters. The molecule has 2 atom stereocenters. The van der Waals surface area contributed by atoms with Crippen molar-refractivity contribution in [2.45, 2.75) is 38.8 Å². The number of amides is 1. The lowest BCUT2D eigenvalue weighted by Gasteiger charge is -2.19. The van der Waals surface area contributed by atoms with E-state index in [1.807, 2.05) is 6.92 Å². The van der Waals surface area contributed by atoms with Crippen LogP contribution in [-0.2, 0) is 9.59 Å². The Morgan fingerprint density at radius 3 is 2.57 bits per heavy atom. The van der Waals surface area contributed by atoms with Crippen LogP contribution in [0.1, 0.15) is 26.7 Å². The second kappa shape index (κ2) is 8.10. The van der Waals surface area contributed by atoms with E-state index in [1.165, 1.54) is 13.0 Å². The molecule has 0 aliphatic carbocycles. The molecule has 7 heteroatoms. The fourth-order valence-electron chi connectivity index (χ4n) is 1.65. The Morgan fingerprint density at radius 2 is 2.05 bits per heavy atom. The normalized spacial score (nSPS) is 13.3. The Balaban J connectivity index is 2.67. The summed E-state index contributed by atoms with van der Waals surface area (Å²) < 4.78 is 5.43. The minimum atomic E-state index is -1.07. The van der Waals surface area contributed by atoms with Gasteiger partial charge in [0.15, 0.2) is 6.10 Å². The highest BCUT2D eigenvalue weighted by molar-refractivity contribution is 6.35. The quantitative estimate of drug-likeness (QED) is 0.803. The molecule has 0 saturated heterocycles. The second-order valence-electron chi connectivity index (χ2n) is 4.52. The molecule has 0 fully saturated rings. The summed E-state index contributed by atoms with van der Waals surface area (Å²) >= 11 is 11.7. The monoisotopic (exact) mass is 333 g/mol. The van der Waals surface area contributed by atoms with E-state index < -0.39 is 24.0 Å². The Labute approximate surface area is 133 Å². The van der Waals surface area contributed by atoms with E-state index >= 15 is 0 Å². The molecule has 0 aromatic heterocycles. The molecule has 5 nitrogen and oxygen atoms in total. The molecule has 0 saturated carbocycles. The van der Waals surface area contributed by atoms with Crippen molar-refractivity contribution < 1.29 is 19.4 Å². The number of ether oxygens (including phenoxy) is 1. The molecule has 0 spiro atoms. The lowest BCUT2D eigenvalue weighted by atomic mass is 10.1. The van der Waals surface area contributed by atoms with Crippen LogP contribution in [0.15, 0.2) is 18.2 Å². The average Bonchev–Trinajstić information content (AvgIpc) is 2.41. The number of carbonyl (C=O) groups excluding carboxylic acids is 1. The number of benzene rings is 1. The lowest BCUT2D eigenvalue weighted by Crippen LogP contribution is -2.46. The van der Waals surface area contributed by atoms with Gasteiger partial charge in [0.1, 0.15) is 11.8 Å². The van der Waals surface area contributed by atoms with Crippen LogP contribution in [0.5, 0.6) is 5.75 Å². The van der Waals surface area contributed by atoms with Gasteiger partial charge in [0, 0.05) is 5.02 Å². The minimum Gasteiger partial charge on any atom is -0.480 e. The topological polar surface area (TPSA) is 75.6 Å². The molecule has 1 rings (SSSR count). The number of carboxylic acids is 1. The summed E-state index contributed by atoms with van der Waals surface area (Å²) in [7, 11) is 0. The Bertz CT molecular complexity index is 522. The first-order chi connectivity index (χ1) is 9.85. The third kappa shape index (κ3) is 5.44. The maximum absolute atomic E-state index is 11.9. The fraction of sp³-hybridized carbons (Fsp3) is 0.429. The highest BCUT2D eigenvalue weighted by atomic mass is 35.5. The van der Waals surface area contributed by atoms with Crippen molar-refractivity contribution >= 4 is 35.1 Å². The smallest absolute Gasteiger partial charge is 0.326 e. The summed E-state index contributed by atoms with van der Waals surface area (Å²) in [5, 5.41) is 12.2. The van der Waals surface area contributed by atoms with Crippen LogP contribution in [0.2, 0.25) is 10.0 Å². The van der Waals surface area contributed by atoms with Gasteiger partial charge >= 0.3 is 5.97 Å². The van der Waals surface area contributed by atoms with Crippen LogP contribution in [0.4, 0.5) is 0 Å². The van der Waals surface area contributed by atoms with Gasteiger partial charge in [0.25, 0.3) is 5.91 Å². The van der Waals surface area contributed by atoms with Crippen LogP contribution in [0.25, 0.3) is 0 Å². The van der Waals surface area contributed by atoms with Crippen LogP contribution in [0, 0.1) is 0 Å². The minimum absolute atomic E-state index is 0.283. The molecule has 0 aliphatic heterocycles. The van der Waals surface area contributed by atoms with Crippen molar-refractivity contribution in [3.8, 4) is 5.75 Å². The van der Waals surface area contributed by atoms with Crippen LogP contribution >= 0.6 is 23.2 Å². The van der Waals surface area contributed by atoms with E-state index in [0.717, 1.165) is 0 Å². The summed E-state index contributed by atoms with van der Waals surface area (Å²) in [5.41, 5.74) is 0. The van der Waals surface area contributed by atoms with E-state index in [2.05, 4.69) is 5.32 Å². The molecular formula is C14H17Cl2NO4. The summed E-state index contributed by atoms with van der Waals surface area (Å²) in [6, 6.07) is 3.72. The first-order valence-electron chi connectivity index (χ1n) is 6.50. The van der Waals surface area contributed by atoms with Gasteiger partial charge in [0.2, 0.25) is 0 Å². The van der Waals surface area contributed by atoms with Crippen molar-refractivity contribution in [1.29, 1.82) is 0 Å². The van der Waals surface area contributed by atoms with Gasteiger partial charge in [-0.3, -0.25) is 4.79 Å². The SMILES string of the molecule is CCCC(NC(=O)C(C)Oc1ccc(Cl)cc1Cl)C(=O)O. The van der Waals surface area contributed by atoms with E-state index in [1.54, 1.807) is 12.1 Å². The van der Waals surface area contributed by atoms with Gasteiger partial charge in [-0.1, -0.05) is 36.5 Å². The number of hydrogen-bond acceptors (Lipinski definition) is 3. The summed E-state index contributed by atoms with van der Waals surface area (Å²) in [4.78, 5) is 23.0. The van der Waals surface area contributed by atoms with Gasteiger partial charge in [-0.25, -0.2) is 4.79 Å². The van der Waals surface area contributed by atoms with Crippen molar-refractivity contribution in [2.24, 2.45) is 0 Å². The van der Waals surface area contributed by atoms with E-state index in [9.17, 15) is 9.59 Å². The summed E-state index contributed by atoms with van der Waals surface area (Å²) in [5.74, 6) is -1.27. The number of nitrogens with one attached hydrogen (secondary N) is 1. The van der Waals surface area contributed by atoms with Gasteiger partial charge in [-0.05, 0) is 31.5 Å². The molecule has 116 valence electrons. The summed E-state index contributed by atoms with van der Waals surface area (Å²) in [6.45, 7) is 3.36. The highest BCUT2D eigenvalue weighted by Gasteiger charge is 2.23. The van der Waals surface area contributed by atoms with E-state index in [0.29, 0.717) is 23.6 Å². The van der Waals surface area contributed by atoms with Crippen LogP contribution in [0.3, 0.4) is 0 Å². The molecule has 0 radical (unpaired) electrons. The molecule has 1 amide bonds. The van der Waals surface area contributed by atoms with Gasteiger partial charge in [0.05, 0.1) is 5.02 Å². The van der Waals surface area contributed by atoms with Crippen LogP contribution < -0.4 is 10.1 Å². The van der Waals surface area contributed by atoms with Gasteiger partial charge < -0.3 is 15.2 Å². The second-order valence-corrected chi connectivity index (χ2v) is 5.37. The molecule has 1 aromatic rings. The summed E-state index contributed by atoms with van der Waals surface area (Å²) in [6.07, 6.45) is 0.132. The van der Waals surface area contributed by atoms with Crippen molar-refractivity contribution in [3.05, 3.63) is 28.2 Å². The number of aliphatic carboxylic acids is 1. The van der Waals surface area contributed by atoms with Crippen LogP contribution in [-0.4, -0.2) is 29.1 Å². The Morgan fingerprint density at radius 1 is 1.38 bits per heavy atom. The van der Waals surface area contributed by atoms with Crippen molar-refractivity contribution in [1.82, 2.24) is 5.32 Å². The molecule has 21 heavy (non-hydrogen) atoms. The fourth-order valence-corrected chi connectivity index (χ4v) is 2.10. The Kier molecular flexibility index (Phi) is 6.78. The zero-order valence-electron chi connectivity index (χ0n) is 11.7. The predicted octanol–water partition coefficient (Wildman–Crippen LogP) is 3.13. The molecule has 0 bridgehead atoms. The lowest BCUT2D eigenvalue weighted by molar-refractivity contribution is -0.143. The Hall–Kier alpha value is -1.46. The standard InChI is InChI=1S/C14H17Cl2NO4/c1-3-4-11(14(19)20)17-13(18)8(2)21-12-6-5-9(15)7-10(12)16/h5-8,11H,3-4H2,1-2H3,(H,17,18)(H,19,20). The molecule has 0 heterocycles. The molecular weight excluding hydrogens is 317 g/mol. The number of rotatable bonds is 7. The molecule has 0 aliphatic rings. The van der Waals surface area contributed by atoms with Crippen molar-refractivity contribution in [2.75, 3.05) is 0 Å². The number of halogens is 2. The average molecular weight is 334 g/mol. The third-order valence-electron chi connectivity index (χ3n) is 2.76. The van der Waals surface area contributed by atoms with Gasteiger partial charge in [-0.15, -0.1) is 0 Å². The number of carbonyl (C=O) groups is 2. The van der Waals surface area contributed by atoms with Gasteiger partial charge in [-0.2, -0.15) is 0 Å². The predicted molar refractivity (Wildman–Crippen MR) is 81.0 cm³/mol. The first kappa shape index (κ1) is 17.6. The largest absolute Gasteiger partial charge is 0.480 e. The zero-order valence-corrected chi connectivity index (χ0v) is 13.2. The maximum Gasteiger partial charge on any atom is 0.326 e. The van der Waals surface area contributed by atoms with E-state index in [4.69, 9.17) is 33.0 Å². The van der Waals surface area contributed by atoms with E-state index in [-0.39, 0.29) is 5.02 Å². The maximum atomic E-state index is 11.9. The first-order valence-corrected chi connectivity index (χ1v) is 7.25. The number of carboxylic acid groups (broad SMARTS) is 1. The van der Waals surface area contributed by atoms with Crippen molar-refractivity contribution in [3.63, 3.8) is 0 Å². The third-order valence-corrected chi connectivity index (χ3v) is 3.29. The number of hydrogen-bond donors (Lipinski definition) is 2. The molecule has 1 aromatic carbocycles. The zero-order chi connectivity index (χ0) is 16.0. The highest BCUT2D eigenvalue weighted by Crippen LogP contribution is 2.28.